The molecule has 1 unspecified atom stereocenters. The van der Waals surface area contributed by atoms with Crippen LogP contribution >= 0.6 is 0 Å². The van der Waals surface area contributed by atoms with E-state index in [-0.39, 0.29) is 11.7 Å². The lowest BCUT2D eigenvalue weighted by atomic mass is 9.95. The molecule has 0 spiro atoms. The Morgan fingerprint density at radius 2 is 1.79 bits per heavy atom. The van der Waals surface area contributed by atoms with Crippen LogP contribution in [0.1, 0.15) is 22.4 Å². The Labute approximate surface area is 219 Å². The van der Waals surface area contributed by atoms with E-state index in [1.165, 1.54) is 0 Å². The molecule has 5 rings (SSSR count). The lowest BCUT2D eigenvalue weighted by Crippen LogP contribution is -2.50. The van der Waals surface area contributed by atoms with Crippen LogP contribution in [0.2, 0.25) is 0 Å². The quantitative estimate of drug-likeness (QED) is 0.261. The predicted molar refractivity (Wildman–Crippen MR) is 137 cm³/mol. The minimum Gasteiger partial charge on any atom is -0.493 e. The smallest absolute Gasteiger partial charge is 0.441 e. The van der Waals surface area contributed by atoms with Crippen molar-refractivity contribution in [1.29, 1.82) is 0 Å². The molecule has 1 atom stereocenters. The Morgan fingerprint density at radius 1 is 1.03 bits per heavy atom. The summed E-state index contributed by atoms with van der Waals surface area (Å²) < 4.78 is 16.5. The number of hydroxylamine groups is 2. The number of nitrogens with zero attached hydrogens (tertiary/aromatic N) is 2. The SMILES string of the molecule is O=C(OCc1ccccc1)N(O)C(=O)C1Cc2ccc(OCCc3coc(-c4ccccc4)n3)cc2CN1. The van der Waals surface area contributed by atoms with Gasteiger partial charge in [0.15, 0.2) is 0 Å². The molecule has 4 aromatic rings. The number of amides is 2. The van der Waals surface area contributed by atoms with Gasteiger partial charge in [-0.2, -0.15) is 0 Å². The van der Waals surface area contributed by atoms with Gasteiger partial charge >= 0.3 is 6.09 Å². The summed E-state index contributed by atoms with van der Waals surface area (Å²) in [6.45, 7) is 0.775. The van der Waals surface area contributed by atoms with Gasteiger partial charge in [0.25, 0.3) is 5.91 Å². The fraction of sp³-hybridized carbons (Fsp3) is 0.207. The number of hydrogen-bond donors (Lipinski definition) is 2. The summed E-state index contributed by atoms with van der Waals surface area (Å²) in [5, 5.41) is 13.2. The highest BCUT2D eigenvalue weighted by molar-refractivity contribution is 5.93. The summed E-state index contributed by atoms with van der Waals surface area (Å²) in [6.07, 6.45) is 1.44. The third kappa shape index (κ3) is 6.08. The zero-order chi connectivity index (χ0) is 26.3. The average Bonchev–Trinajstić information content (AvgIpc) is 3.45. The number of oxazole rings is 1. The van der Waals surface area contributed by atoms with Crippen molar-refractivity contribution in [1.82, 2.24) is 15.4 Å². The van der Waals surface area contributed by atoms with Crippen LogP contribution in [-0.4, -0.2) is 39.9 Å². The Kier molecular flexibility index (Phi) is 7.77. The number of carbonyl (C=O) groups excluding carboxylic acids is 2. The fourth-order valence-electron chi connectivity index (χ4n) is 4.18. The van der Waals surface area contributed by atoms with Crippen molar-refractivity contribution in [3.8, 4) is 17.2 Å². The fourth-order valence-corrected chi connectivity index (χ4v) is 4.18. The first kappa shape index (κ1) is 25.2. The van der Waals surface area contributed by atoms with Crippen LogP contribution in [0.25, 0.3) is 11.5 Å². The standard InChI is InChI=1S/C29H27N3O6/c33-28(32(35)29(34)38-18-20-7-3-1-4-8-20)26-16-22-11-12-25(15-23(22)17-30-26)36-14-13-24-19-37-27(31-24)21-9-5-2-6-10-21/h1-12,15,19,26,30,35H,13-14,16-18H2. The van der Waals surface area contributed by atoms with E-state index in [0.29, 0.717) is 37.6 Å². The third-order valence-corrected chi connectivity index (χ3v) is 6.23. The van der Waals surface area contributed by atoms with E-state index in [9.17, 15) is 14.8 Å². The highest BCUT2D eigenvalue weighted by atomic mass is 16.6. The first-order valence-electron chi connectivity index (χ1n) is 12.3. The summed E-state index contributed by atoms with van der Waals surface area (Å²) in [7, 11) is 0. The van der Waals surface area contributed by atoms with Crippen LogP contribution in [0.3, 0.4) is 0 Å². The number of fused-ring (bicyclic) bond motifs is 1. The van der Waals surface area contributed by atoms with Crippen LogP contribution in [0.4, 0.5) is 4.79 Å². The van der Waals surface area contributed by atoms with E-state index in [2.05, 4.69) is 10.3 Å². The summed E-state index contributed by atoms with van der Waals surface area (Å²) in [4.78, 5) is 29.3. The molecule has 9 heteroatoms. The molecule has 0 bridgehead atoms. The maximum atomic E-state index is 12.7. The molecule has 2 amide bonds. The van der Waals surface area contributed by atoms with Crippen LogP contribution in [-0.2, 0) is 35.5 Å². The van der Waals surface area contributed by atoms with Gasteiger partial charge in [-0.15, -0.1) is 5.06 Å². The molecule has 38 heavy (non-hydrogen) atoms. The summed E-state index contributed by atoms with van der Waals surface area (Å²) in [5.41, 5.74) is 4.40. The number of benzene rings is 3. The van der Waals surface area contributed by atoms with Gasteiger partial charge in [0, 0.05) is 18.5 Å². The van der Waals surface area contributed by atoms with E-state index in [1.54, 1.807) is 18.4 Å². The second-order valence-corrected chi connectivity index (χ2v) is 8.87. The zero-order valence-corrected chi connectivity index (χ0v) is 20.6. The monoisotopic (exact) mass is 513 g/mol. The van der Waals surface area contributed by atoms with Gasteiger partial charge in [0.1, 0.15) is 18.6 Å². The second kappa shape index (κ2) is 11.7. The molecule has 2 heterocycles. The van der Waals surface area contributed by atoms with Gasteiger partial charge in [-0.05, 0) is 47.4 Å². The molecule has 2 N–H and O–H groups in total. The molecule has 0 radical (unpaired) electrons. The van der Waals surface area contributed by atoms with Crippen molar-refractivity contribution in [2.45, 2.75) is 32.0 Å². The van der Waals surface area contributed by atoms with Gasteiger partial charge < -0.3 is 19.2 Å². The molecule has 0 aliphatic carbocycles. The first-order chi connectivity index (χ1) is 18.6. The molecule has 1 aromatic heterocycles. The summed E-state index contributed by atoms with van der Waals surface area (Å²) in [5.74, 6) is 0.516. The van der Waals surface area contributed by atoms with E-state index >= 15 is 0 Å². The molecule has 3 aromatic carbocycles. The largest absolute Gasteiger partial charge is 0.493 e. The van der Waals surface area contributed by atoms with Gasteiger partial charge in [-0.25, -0.2) is 9.78 Å². The Morgan fingerprint density at radius 3 is 2.58 bits per heavy atom. The Balaban J connectivity index is 1.11. The zero-order valence-electron chi connectivity index (χ0n) is 20.6. The molecule has 0 saturated heterocycles. The lowest BCUT2D eigenvalue weighted by molar-refractivity contribution is -0.160. The maximum Gasteiger partial charge on any atom is 0.441 e. The van der Waals surface area contributed by atoms with Crippen LogP contribution in [0.15, 0.2) is 89.5 Å². The van der Waals surface area contributed by atoms with Crippen molar-refractivity contribution in [2.24, 2.45) is 0 Å². The number of imide groups is 1. The molecule has 1 aliphatic rings. The molecule has 1 aliphatic heterocycles. The molecular formula is C29H27N3O6. The van der Waals surface area contributed by atoms with Crippen molar-refractivity contribution >= 4 is 12.0 Å². The molecule has 194 valence electrons. The minimum absolute atomic E-state index is 0.0379. The minimum atomic E-state index is -1.11. The Hall–Kier alpha value is -4.47. The van der Waals surface area contributed by atoms with E-state index in [1.807, 2.05) is 66.7 Å². The van der Waals surface area contributed by atoms with Gasteiger partial charge in [-0.3, -0.25) is 10.0 Å². The van der Waals surface area contributed by atoms with Crippen molar-refractivity contribution in [3.63, 3.8) is 0 Å². The molecule has 0 fully saturated rings. The molecule has 9 nitrogen and oxygen atoms in total. The van der Waals surface area contributed by atoms with Crippen molar-refractivity contribution < 1.29 is 28.7 Å². The van der Waals surface area contributed by atoms with E-state index in [4.69, 9.17) is 13.9 Å². The summed E-state index contributed by atoms with van der Waals surface area (Å²) in [6, 6.07) is 23.6. The number of ether oxygens (including phenoxy) is 2. The van der Waals surface area contributed by atoms with Gasteiger partial charge in [0.05, 0.1) is 18.3 Å². The lowest BCUT2D eigenvalue weighted by Gasteiger charge is -2.27. The van der Waals surface area contributed by atoms with E-state index < -0.39 is 18.0 Å². The molecular weight excluding hydrogens is 486 g/mol. The topological polar surface area (TPSA) is 114 Å². The number of nitrogens with one attached hydrogen (secondary N) is 1. The van der Waals surface area contributed by atoms with Crippen LogP contribution in [0.5, 0.6) is 5.75 Å². The van der Waals surface area contributed by atoms with Crippen LogP contribution in [0, 0.1) is 0 Å². The number of hydrogen-bond acceptors (Lipinski definition) is 8. The summed E-state index contributed by atoms with van der Waals surface area (Å²) >= 11 is 0. The highest BCUT2D eigenvalue weighted by Crippen LogP contribution is 2.24. The van der Waals surface area contributed by atoms with Gasteiger partial charge in [-0.1, -0.05) is 54.6 Å². The maximum absolute atomic E-state index is 12.7. The second-order valence-electron chi connectivity index (χ2n) is 8.87. The highest BCUT2D eigenvalue weighted by Gasteiger charge is 2.32. The average molecular weight is 514 g/mol. The Bertz CT molecular complexity index is 1390. The van der Waals surface area contributed by atoms with Gasteiger partial charge in [0.2, 0.25) is 5.89 Å². The van der Waals surface area contributed by atoms with Crippen molar-refractivity contribution in [3.05, 3.63) is 108 Å². The normalized spacial score (nSPS) is 14.4. The molecule has 0 saturated carbocycles. The van der Waals surface area contributed by atoms with E-state index in [0.717, 1.165) is 27.9 Å². The van der Waals surface area contributed by atoms with Crippen LogP contribution < -0.4 is 10.1 Å². The predicted octanol–water partition coefficient (Wildman–Crippen LogP) is 4.53. The number of rotatable bonds is 8. The number of carbonyl (C=O) groups is 2. The van der Waals surface area contributed by atoms with Crippen molar-refractivity contribution in [2.75, 3.05) is 6.61 Å². The third-order valence-electron chi connectivity index (χ3n) is 6.23. The number of aromatic nitrogens is 1. The first-order valence-corrected chi connectivity index (χ1v) is 12.3.